The number of hydrogen-bond donors (Lipinski definition) is 2. The summed E-state index contributed by atoms with van der Waals surface area (Å²) in [5, 5.41) is 9.58. The van der Waals surface area contributed by atoms with E-state index in [2.05, 4.69) is 15.8 Å². The fourth-order valence-electron chi connectivity index (χ4n) is 2.22. The van der Waals surface area contributed by atoms with Crippen LogP contribution in [0.4, 0.5) is 11.5 Å². The third kappa shape index (κ3) is 4.60. The van der Waals surface area contributed by atoms with Gasteiger partial charge in [-0.1, -0.05) is 23.4 Å². The van der Waals surface area contributed by atoms with Crippen molar-refractivity contribution < 1.29 is 14.1 Å². The van der Waals surface area contributed by atoms with Crippen LogP contribution in [0, 0.1) is 6.92 Å². The van der Waals surface area contributed by atoms with E-state index in [-0.39, 0.29) is 5.91 Å². The minimum Gasteiger partial charge on any atom is -0.457 e. The average Bonchev–Trinajstić information content (AvgIpc) is 3.02. The molecule has 1 amide bonds. The van der Waals surface area contributed by atoms with Crippen molar-refractivity contribution in [2.75, 3.05) is 10.6 Å². The molecular weight excluding hydrogens is 318 g/mol. The maximum atomic E-state index is 12.2. The Kier molecular flexibility index (Phi) is 4.99. The number of ether oxygens (including phenoxy) is 1. The lowest BCUT2D eigenvalue weighted by atomic mass is 10.2. The number of anilines is 2. The monoisotopic (exact) mass is 337 g/mol. The third-order valence-corrected chi connectivity index (χ3v) is 3.49. The van der Waals surface area contributed by atoms with Crippen LogP contribution < -0.4 is 15.4 Å². The number of aryl methyl sites for hydroxylation is 1. The molecule has 0 aliphatic carbocycles. The highest BCUT2D eigenvalue weighted by Crippen LogP contribution is 2.23. The van der Waals surface area contributed by atoms with Gasteiger partial charge in [0.15, 0.2) is 5.82 Å². The van der Waals surface area contributed by atoms with Crippen LogP contribution in [0.3, 0.4) is 0 Å². The topological polar surface area (TPSA) is 76.4 Å². The highest BCUT2D eigenvalue weighted by Gasteiger charge is 2.14. The van der Waals surface area contributed by atoms with Crippen LogP contribution in [0.25, 0.3) is 0 Å². The first kappa shape index (κ1) is 16.6. The summed E-state index contributed by atoms with van der Waals surface area (Å²) < 4.78 is 10.7. The molecule has 0 aliphatic rings. The summed E-state index contributed by atoms with van der Waals surface area (Å²) in [4.78, 5) is 12.2. The van der Waals surface area contributed by atoms with Gasteiger partial charge in [0.05, 0.1) is 0 Å². The number of nitrogens with one attached hydrogen (secondary N) is 2. The first-order valence-electron chi connectivity index (χ1n) is 7.94. The smallest absolute Gasteiger partial charge is 0.247 e. The third-order valence-electron chi connectivity index (χ3n) is 3.49. The van der Waals surface area contributed by atoms with Crippen molar-refractivity contribution in [2.45, 2.75) is 19.9 Å². The highest BCUT2D eigenvalue weighted by atomic mass is 16.5. The molecule has 1 unspecified atom stereocenters. The molecule has 0 radical (unpaired) electrons. The van der Waals surface area contributed by atoms with E-state index in [4.69, 9.17) is 9.26 Å². The summed E-state index contributed by atoms with van der Waals surface area (Å²) in [5.41, 5.74) is 0.819. The Morgan fingerprint density at radius 3 is 2.40 bits per heavy atom. The zero-order valence-electron chi connectivity index (χ0n) is 14.0. The average molecular weight is 337 g/mol. The van der Waals surface area contributed by atoms with Crippen molar-refractivity contribution in [1.82, 2.24) is 5.16 Å². The number of rotatable bonds is 6. The molecule has 0 saturated heterocycles. The van der Waals surface area contributed by atoms with Crippen molar-refractivity contribution in [3.8, 4) is 11.5 Å². The molecule has 1 atom stereocenters. The zero-order valence-corrected chi connectivity index (χ0v) is 14.0. The van der Waals surface area contributed by atoms with Crippen LogP contribution in [0.5, 0.6) is 11.5 Å². The van der Waals surface area contributed by atoms with Gasteiger partial charge in [-0.05, 0) is 50.2 Å². The summed E-state index contributed by atoms with van der Waals surface area (Å²) in [7, 11) is 0. The van der Waals surface area contributed by atoms with Crippen molar-refractivity contribution >= 4 is 17.4 Å². The van der Waals surface area contributed by atoms with Crippen molar-refractivity contribution in [3.63, 3.8) is 0 Å². The van der Waals surface area contributed by atoms with Gasteiger partial charge in [0.1, 0.15) is 23.3 Å². The number of para-hydroxylation sites is 1. The molecule has 0 saturated carbocycles. The Balaban J connectivity index is 1.56. The van der Waals surface area contributed by atoms with Crippen molar-refractivity contribution in [3.05, 3.63) is 66.4 Å². The van der Waals surface area contributed by atoms with Crippen LogP contribution in [0.15, 0.2) is 65.2 Å². The number of hydrogen-bond acceptors (Lipinski definition) is 5. The fourth-order valence-corrected chi connectivity index (χ4v) is 2.22. The second kappa shape index (κ2) is 7.53. The minimum absolute atomic E-state index is 0.196. The van der Waals surface area contributed by atoms with Crippen LogP contribution in [0.1, 0.15) is 12.7 Å². The fraction of sp³-hybridized carbons (Fsp3) is 0.158. The Hall–Kier alpha value is -3.28. The van der Waals surface area contributed by atoms with E-state index in [9.17, 15) is 4.79 Å². The minimum atomic E-state index is -0.433. The molecule has 128 valence electrons. The Morgan fingerprint density at radius 1 is 1.08 bits per heavy atom. The van der Waals surface area contributed by atoms with Gasteiger partial charge in [0.2, 0.25) is 5.91 Å². The van der Waals surface area contributed by atoms with Gasteiger partial charge in [-0.3, -0.25) is 4.79 Å². The number of benzene rings is 2. The van der Waals surface area contributed by atoms with Crippen LogP contribution in [-0.4, -0.2) is 17.1 Å². The van der Waals surface area contributed by atoms with Crippen molar-refractivity contribution in [1.29, 1.82) is 0 Å². The molecular formula is C19H19N3O3. The lowest BCUT2D eigenvalue weighted by Gasteiger charge is -2.14. The Labute approximate surface area is 145 Å². The second-order valence-electron chi connectivity index (χ2n) is 5.62. The number of nitrogens with zero attached hydrogens (tertiary/aromatic N) is 1. The van der Waals surface area contributed by atoms with Gasteiger partial charge in [0.25, 0.3) is 0 Å². The van der Waals surface area contributed by atoms with E-state index in [0.717, 1.165) is 17.2 Å². The van der Waals surface area contributed by atoms with E-state index in [1.54, 1.807) is 19.9 Å². The number of aromatic nitrogens is 1. The maximum absolute atomic E-state index is 12.2. The molecule has 6 heteroatoms. The van der Waals surface area contributed by atoms with Gasteiger partial charge in [0, 0.05) is 11.8 Å². The largest absolute Gasteiger partial charge is 0.457 e. The standard InChI is InChI=1S/C19H19N3O3/c1-13-12-18(22-25-13)21-19(23)14(2)20-15-8-10-17(11-9-15)24-16-6-4-3-5-7-16/h3-12,14,20H,1-2H3,(H,21,22,23). The van der Waals surface area contributed by atoms with Gasteiger partial charge in [-0.15, -0.1) is 0 Å². The first-order valence-corrected chi connectivity index (χ1v) is 7.94. The normalized spacial score (nSPS) is 11.6. The molecule has 0 fully saturated rings. The van der Waals surface area contributed by atoms with E-state index < -0.39 is 6.04 Å². The number of carbonyl (C=O) groups excluding carboxylic acids is 1. The second-order valence-corrected chi connectivity index (χ2v) is 5.62. The summed E-state index contributed by atoms with van der Waals surface area (Å²) in [6.07, 6.45) is 0. The van der Waals surface area contributed by atoms with Crippen LogP contribution in [-0.2, 0) is 4.79 Å². The SMILES string of the molecule is Cc1cc(NC(=O)C(C)Nc2ccc(Oc3ccccc3)cc2)no1. The molecule has 2 N–H and O–H groups in total. The lowest BCUT2D eigenvalue weighted by Crippen LogP contribution is -2.31. The van der Waals surface area contributed by atoms with E-state index in [1.807, 2.05) is 54.6 Å². The summed E-state index contributed by atoms with van der Waals surface area (Å²) in [6, 6.07) is 18.2. The zero-order chi connectivity index (χ0) is 17.6. The first-order chi connectivity index (χ1) is 12.1. The summed E-state index contributed by atoms with van der Waals surface area (Å²) in [6.45, 7) is 3.54. The van der Waals surface area contributed by atoms with E-state index in [0.29, 0.717) is 11.6 Å². The molecule has 0 aliphatic heterocycles. The van der Waals surface area contributed by atoms with E-state index >= 15 is 0 Å². The predicted octanol–water partition coefficient (Wildman–Crippen LogP) is 4.21. The lowest BCUT2D eigenvalue weighted by molar-refractivity contribution is -0.116. The van der Waals surface area contributed by atoms with Gasteiger partial charge in [-0.25, -0.2) is 0 Å². The van der Waals surface area contributed by atoms with Gasteiger partial charge >= 0.3 is 0 Å². The predicted molar refractivity (Wildman–Crippen MR) is 95.9 cm³/mol. The molecule has 25 heavy (non-hydrogen) atoms. The van der Waals surface area contributed by atoms with Crippen molar-refractivity contribution in [2.24, 2.45) is 0 Å². The maximum Gasteiger partial charge on any atom is 0.247 e. The van der Waals surface area contributed by atoms with E-state index in [1.165, 1.54) is 0 Å². The Bertz CT molecular complexity index is 829. The van der Waals surface area contributed by atoms with Crippen LogP contribution >= 0.6 is 0 Å². The van der Waals surface area contributed by atoms with Gasteiger partial charge in [-0.2, -0.15) is 0 Å². The summed E-state index contributed by atoms with van der Waals surface area (Å²) >= 11 is 0. The quantitative estimate of drug-likeness (QED) is 0.704. The summed E-state index contributed by atoms with van der Waals surface area (Å²) in [5.74, 6) is 2.36. The Morgan fingerprint density at radius 2 is 1.76 bits per heavy atom. The molecule has 6 nitrogen and oxygen atoms in total. The number of carbonyl (C=O) groups is 1. The molecule has 3 rings (SSSR count). The molecule has 1 heterocycles. The molecule has 0 spiro atoms. The molecule has 3 aromatic rings. The highest BCUT2D eigenvalue weighted by molar-refractivity contribution is 5.95. The van der Waals surface area contributed by atoms with Gasteiger partial charge < -0.3 is 19.9 Å². The molecule has 2 aromatic carbocycles. The van der Waals surface area contributed by atoms with Crippen LogP contribution in [0.2, 0.25) is 0 Å². The molecule has 1 aromatic heterocycles. The molecule has 0 bridgehead atoms. The number of amides is 1.